The van der Waals surface area contributed by atoms with Crippen LogP contribution in [0.1, 0.15) is 37.8 Å². The molecular formula is C14H18N2O2. The second-order valence-electron chi connectivity index (χ2n) is 4.38. The Bertz CT molecular complexity index is 485. The van der Waals surface area contributed by atoms with Gasteiger partial charge in [-0.25, -0.2) is 4.79 Å². The van der Waals surface area contributed by atoms with E-state index in [4.69, 9.17) is 5.26 Å². The van der Waals surface area contributed by atoms with Gasteiger partial charge in [0.05, 0.1) is 11.3 Å². The Labute approximate surface area is 107 Å². The lowest BCUT2D eigenvalue weighted by atomic mass is 9.92. The van der Waals surface area contributed by atoms with Crippen LogP contribution in [0.15, 0.2) is 18.2 Å². The summed E-state index contributed by atoms with van der Waals surface area (Å²) in [6.07, 6.45) is 0.912. The van der Waals surface area contributed by atoms with Crippen molar-refractivity contribution in [2.45, 2.75) is 39.2 Å². The summed E-state index contributed by atoms with van der Waals surface area (Å²) in [5.41, 5.74) is 1.03. The monoisotopic (exact) mass is 246 g/mol. The average molecular weight is 246 g/mol. The number of carboxylic acids is 1. The van der Waals surface area contributed by atoms with Crippen molar-refractivity contribution in [3.63, 3.8) is 0 Å². The molecule has 0 unspecified atom stereocenters. The first-order valence-electron chi connectivity index (χ1n) is 6.01. The van der Waals surface area contributed by atoms with Gasteiger partial charge >= 0.3 is 5.97 Å². The summed E-state index contributed by atoms with van der Waals surface area (Å²) in [7, 11) is 0. The molecule has 0 spiro atoms. The number of benzene rings is 1. The third kappa shape index (κ3) is 2.62. The Kier molecular flexibility index (Phi) is 4.33. The zero-order chi connectivity index (χ0) is 13.8. The number of hydrogen-bond donors (Lipinski definition) is 2. The zero-order valence-electron chi connectivity index (χ0n) is 10.9. The molecule has 96 valence electrons. The highest BCUT2D eigenvalue weighted by Gasteiger charge is 2.35. The van der Waals surface area contributed by atoms with Gasteiger partial charge < -0.3 is 10.4 Å². The maximum atomic E-state index is 11.4. The van der Waals surface area contributed by atoms with Gasteiger partial charge in [-0.15, -0.1) is 0 Å². The lowest BCUT2D eigenvalue weighted by Crippen LogP contribution is -2.45. The molecule has 0 aromatic heterocycles. The Morgan fingerprint density at radius 2 is 2.06 bits per heavy atom. The van der Waals surface area contributed by atoms with Crippen LogP contribution in [0.25, 0.3) is 0 Å². The van der Waals surface area contributed by atoms with E-state index in [1.54, 1.807) is 6.07 Å². The van der Waals surface area contributed by atoms with Crippen LogP contribution in [-0.2, 0) is 4.79 Å². The third-order valence-corrected chi connectivity index (χ3v) is 3.29. The number of carboxylic acid groups (broad SMARTS) is 1. The smallest absolute Gasteiger partial charge is 0.329 e. The molecule has 1 aromatic rings. The summed E-state index contributed by atoms with van der Waals surface area (Å²) in [5.74, 6) is -0.891. The Hall–Kier alpha value is -2.02. The van der Waals surface area contributed by atoms with Crippen molar-refractivity contribution in [1.82, 2.24) is 0 Å². The lowest BCUT2D eigenvalue weighted by molar-refractivity contribution is -0.142. The number of nitrogens with zero attached hydrogens (tertiary/aromatic N) is 1. The molecule has 0 amide bonds. The van der Waals surface area contributed by atoms with Crippen LogP contribution in [0.3, 0.4) is 0 Å². The van der Waals surface area contributed by atoms with Crippen LogP contribution < -0.4 is 5.32 Å². The number of aryl methyl sites for hydroxylation is 1. The summed E-state index contributed by atoms with van der Waals surface area (Å²) >= 11 is 0. The first-order chi connectivity index (χ1) is 8.49. The van der Waals surface area contributed by atoms with Crippen molar-refractivity contribution < 1.29 is 9.90 Å². The highest BCUT2D eigenvalue weighted by molar-refractivity contribution is 5.83. The van der Waals surface area contributed by atoms with Crippen LogP contribution in [0.4, 0.5) is 5.69 Å². The van der Waals surface area contributed by atoms with E-state index in [2.05, 4.69) is 11.4 Å². The molecule has 4 nitrogen and oxygen atoms in total. The molecule has 18 heavy (non-hydrogen) atoms. The number of carbonyl (C=O) groups is 1. The van der Waals surface area contributed by atoms with Crippen LogP contribution in [0, 0.1) is 18.3 Å². The predicted octanol–water partition coefficient (Wildman–Crippen LogP) is 2.92. The van der Waals surface area contributed by atoms with Crippen molar-refractivity contribution in [3.8, 4) is 6.07 Å². The SMILES string of the molecule is CCC(CC)(Nc1cc(C)ccc1C#N)C(=O)O. The number of aliphatic carboxylic acids is 1. The van der Waals surface area contributed by atoms with Crippen molar-refractivity contribution in [1.29, 1.82) is 5.26 Å². The molecule has 0 radical (unpaired) electrons. The Balaban J connectivity index is 3.20. The summed E-state index contributed by atoms with van der Waals surface area (Å²) in [4.78, 5) is 11.4. The van der Waals surface area contributed by atoms with Gasteiger partial charge in [0.15, 0.2) is 0 Å². The van der Waals surface area contributed by atoms with E-state index in [0.29, 0.717) is 24.1 Å². The summed E-state index contributed by atoms with van der Waals surface area (Å²) < 4.78 is 0. The number of nitrogens with one attached hydrogen (secondary N) is 1. The van der Waals surface area contributed by atoms with Crippen LogP contribution in [0.2, 0.25) is 0 Å². The van der Waals surface area contributed by atoms with Gasteiger partial charge in [0.1, 0.15) is 11.6 Å². The molecule has 0 atom stereocenters. The summed E-state index contributed by atoms with van der Waals surface area (Å²) in [6.45, 7) is 5.56. The largest absolute Gasteiger partial charge is 0.480 e. The highest BCUT2D eigenvalue weighted by atomic mass is 16.4. The molecule has 0 heterocycles. The van der Waals surface area contributed by atoms with E-state index in [1.807, 2.05) is 32.9 Å². The second-order valence-corrected chi connectivity index (χ2v) is 4.38. The Morgan fingerprint density at radius 3 is 2.50 bits per heavy atom. The molecule has 0 bridgehead atoms. The Morgan fingerprint density at radius 1 is 1.44 bits per heavy atom. The van der Waals surface area contributed by atoms with Gasteiger partial charge in [0.2, 0.25) is 0 Å². The molecule has 0 saturated carbocycles. The average Bonchev–Trinajstić information content (AvgIpc) is 2.36. The molecule has 0 fully saturated rings. The van der Waals surface area contributed by atoms with E-state index in [9.17, 15) is 9.90 Å². The molecule has 0 aliphatic rings. The molecule has 0 aliphatic carbocycles. The normalized spacial score (nSPS) is 10.8. The van der Waals surface area contributed by atoms with Gasteiger partial charge in [0, 0.05) is 0 Å². The maximum absolute atomic E-state index is 11.4. The van der Waals surface area contributed by atoms with Crippen LogP contribution in [-0.4, -0.2) is 16.6 Å². The van der Waals surface area contributed by atoms with Crippen LogP contribution in [0.5, 0.6) is 0 Å². The number of rotatable bonds is 5. The minimum Gasteiger partial charge on any atom is -0.480 e. The highest BCUT2D eigenvalue weighted by Crippen LogP contribution is 2.26. The molecular weight excluding hydrogens is 228 g/mol. The van der Waals surface area contributed by atoms with E-state index in [1.165, 1.54) is 0 Å². The van der Waals surface area contributed by atoms with Gasteiger partial charge in [-0.2, -0.15) is 5.26 Å². The maximum Gasteiger partial charge on any atom is 0.329 e. The fourth-order valence-corrected chi connectivity index (χ4v) is 1.90. The van der Waals surface area contributed by atoms with Crippen molar-refractivity contribution in [2.75, 3.05) is 5.32 Å². The van der Waals surface area contributed by atoms with Crippen molar-refractivity contribution in [3.05, 3.63) is 29.3 Å². The topological polar surface area (TPSA) is 73.1 Å². The standard InChI is InChI=1S/C14H18N2O2/c1-4-14(5-2,13(17)18)16-12-8-10(3)6-7-11(12)9-15/h6-8,16H,4-5H2,1-3H3,(H,17,18). The molecule has 2 N–H and O–H groups in total. The molecule has 1 rings (SSSR count). The third-order valence-electron chi connectivity index (χ3n) is 3.29. The quantitative estimate of drug-likeness (QED) is 0.837. The number of hydrogen-bond acceptors (Lipinski definition) is 3. The van der Waals surface area contributed by atoms with E-state index in [-0.39, 0.29) is 0 Å². The van der Waals surface area contributed by atoms with E-state index in [0.717, 1.165) is 5.56 Å². The van der Waals surface area contributed by atoms with Crippen LogP contribution >= 0.6 is 0 Å². The van der Waals surface area contributed by atoms with Gasteiger partial charge in [0.25, 0.3) is 0 Å². The van der Waals surface area contributed by atoms with Gasteiger partial charge in [-0.1, -0.05) is 19.9 Å². The first kappa shape index (κ1) is 14.0. The minimum atomic E-state index is -1.01. The minimum absolute atomic E-state index is 0.456. The summed E-state index contributed by atoms with van der Waals surface area (Å²) in [6, 6.07) is 7.43. The van der Waals surface area contributed by atoms with E-state index < -0.39 is 11.5 Å². The van der Waals surface area contributed by atoms with E-state index >= 15 is 0 Å². The first-order valence-corrected chi connectivity index (χ1v) is 6.01. The van der Waals surface area contributed by atoms with Crippen molar-refractivity contribution in [2.24, 2.45) is 0 Å². The fourth-order valence-electron chi connectivity index (χ4n) is 1.90. The lowest BCUT2D eigenvalue weighted by Gasteiger charge is -2.29. The fraction of sp³-hybridized carbons (Fsp3) is 0.429. The molecule has 0 aliphatic heterocycles. The van der Waals surface area contributed by atoms with Gasteiger partial charge in [-0.3, -0.25) is 0 Å². The number of anilines is 1. The summed E-state index contributed by atoms with van der Waals surface area (Å²) in [5, 5.41) is 21.5. The molecule has 4 heteroatoms. The van der Waals surface area contributed by atoms with Crippen molar-refractivity contribution >= 4 is 11.7 Å². The van der Waals surface area contributed by atoms with Gasteiger partial charge in [-0.05, 0) is 37.5 Å². The second kappa shape index (κ2) is 5.54. The zero-order valence-corrected chi connectivity index (χ0v) is 10.9. The molecule has 0 saturated heterocycles. The number of nitriles is 1. The molecule has 1 aromatic carbocycles. The predicted molar refractivity (Wildman–Crippen MR) is 70.5 cm³/mol.